The Morgan fingerprint density at radius 2 is 1.68 bits per heavy atom. The normalized spacial score (nSPS) is 21.4. The number of rotatable bonds is 3. The average molecular weight is 515 g/mol. The molecule has 2 aromatic rings. The van der Waals surface area contributed by atoms with Gasteiger partial charge >= 0.3 is 6.18 Å². The monoisotopic (exact) mass is 514 g/mol. The van der Waals surface area contributed by atoms with E-state index in [1.54, 1.807) is 0 Å². The maximum atomic E-state index is 13.1. The van der Waals surface area contributed by atoms with E-state index < -0.39 is 11.7 Å². The number of nitrogens with zero attached hydrogens (tertiary/aromatic N) is 2. The van der Waals surface area contributed by atoms with Crippen molar-refractivity contribution in [2.45, 2.75) is 57.5 Å². The molecule has 37 heavy (non-hydrogen) atoms. The van der Waals surface area contributed by atoms with Crippen molar-refractivity contribution in [1.29, 1.82) is 0 Å². The van der Waals surface area contributed by atoms with Gasteiger partial charge in [0.15, 0.2) is 0 Å². The number of hydrogen-bond donors (Lipinski definition) is 0. The SMILES string of the molecule is O=C(c1ccc(C(F)(F)F)cc1)N1CCC2(CCCCc3ccccc3OCCN(CC3CC3)C2)CC1. The molecule has 0 bridgehead atoms. The number of carbonyl (C=O) groups is 1. The Labute approximate surface area is 217 Å². The number of amides is 1. The molecule has 0 N–H and O–H groups in total. The van der Waals surface area contributed by atoms with E-state index in [9.17, 15) is 18.0 Å². The Kier molecular flexibility index (Phi) is 7.80. The maximum Gasteiger partial charge on any atom is 0.416 e. The number of aryl methyl sites for hydroxylation is 1. The summed E-state index contributed by atoms with van der Waals surface area (Å²) in [5.74, 6) is 1.63. The van der Waals surface area contributed by atoms with E-state index in [4.69, 9.17) is 4.74 Å². The van der Waals surface area contributed by atoms with Gasteiger partial charge in [-0.05, 0) is 92.2 Å². The number of piperidine rings is 1. The predicted octanol–water partition coefficient (Wildman–Crippen LogP) is 6.45. The number of carbonyl (C=O) groups excluding carboxylic acids is 1. The van der Waals surface area contributed by atoms with Gasteiger partial charge in [-0.2, -0.15) is 13.2 Å². The summed E-state index contributed by atoms with van der Waals surface area (Å²) >= 11 is 0. The van der Waals surface area contributed by atoms with Crippen molar-refractivity contribution in [3.63, 3.8) is 0 Å². The van der Waals surface area contributed by atoms with Crippen molar-refractivity contribution in [3.05, 3.63) is 65.2 Å². The lowest BCUT2D eigenvalue weighted by atomic mass is 9.73. The highest BCUT2D eigenvalue weighted by molar-refractivity contribution is 5.94. The molecule has 5 rings (SSSR count). The topological polar surface area (TPSA) is 32.8 Å². The summed E-state index contributed by atoms with van der Waals surface area (Å²) in [6, 6.07) is 13.0. The number of fused-ring (bicyclic) bond motifs is 1. The lowest BCUT2D eigenvalue weighted by Crippen LogP contribution is -2.49. The van der Waals surface area contributed by atoms with E-state index in [0.717, 1.165) is 82.0 Å². The number of alkyl halides is 3. The first-order valence-corrected chi connectivity index (χ1v) is 13.7. The van der Waals surface area contributed by atoms with Gasteiger partial charge in [0.25, 0.3) is 5.91 Å². The molecule has 1 saturated carbocycles. The molecule has 0 aromatic heterocycles. The Morgan fingerprint density at radius 1 is 0.946 bits per heavy atom. The molecule has 0 atom stereocenters. The Bertz CT molecular complexity index is 1060. The van der Waals surface area contributed by atoms with Gasteiger partial charge in [0.05, 0.1) is 5.56 Å². The van der Waals surface area contributed by atoms with E-state index in [1.807, 2.05) is 11.0 Å². The molecule has 7 heteroatoms. The third-order valence-corrected chi connectivity index (χ3v) is 8.38. The van der Waals surface area contributed by atoms with Crippen LogP contribution in [-0.4, -0.2) is 55.0 Å². The quantitative estimate of drug-likeness (QED) is 0.472. The van der Waals surface area contributed by atoms with Crippen LogP contribution in [0.2, 0.25) is 0 Å². The summed E-state index contributed by atoms with van der Waals surface area (Å²) in [5, 5.41) is 0. The highest BCUT2D eigenvalue weighted by Crippen LogP contribution is 2.40. The summed E-state index contributed by atoms with van der Waals surface area (Å²) in [7, 11) is 0. The van der Waals surface area contributed by atoms with Gasteiger partial charge in [-0.3, -0.25) is 9.69 Å². The molecule has 1 amide bonds. The zero-order valence-corrected chi connectivity index (χ0v) is 21.4. The Morgan fingerprint density at radius 3 is 2.38 bits per heavy atom. The zero-order valence-electron chi connectivity index (χ0n) is 21.4. The zero-order chi connectivity index (χ0) is 25.9. The summed E-state index contributed by atoms with van der Waals surface area (Å²) in [6.45, 7) is 5.02. The molecule has 4 nitrogen and oxygen atoms in total. The van der Waals surface area contributed by atoms with Crippen molar-refractivity contribution in [2.75, 3.05) is 39.3 Å². The first kappa shape index (κ1) is 26.1. The number of para-hydroxylation sites is 1. The van der Waals surface area contributed by atoms with Crippen LogP contribution in [0.1, 0.15) is 66.4 Å². The number of halogens is 3. The van der Waals surface area contributed by atoms with Crippen LogP contribution >= 0.6 is 0 Å². The molecule has 0 unspecified atom stereocenters. The van der Waals surface area contributed by atoms with Crippen molar-refractivity contribution < 1.29 is 22.7 Å². The lowest BCUT2D eigenvalue weighted by molar-refractivity contribution is -0.137. The molecule has 1 aliphatic carbocycles. The van der Waals surface area contributed by atoms with E-state index >= 15 is 0 Å². The van der Waals surface area contributed by atoms with Crippen LogP contribution in [0.4, 0.5) is 13.2 Å². The second-order valence-electron chi connectivity index (χ2n) is 11.2. The number of benzene rings is 2. The van der Waals surface area contributed by atoms with Gasteiger partial charge in [-0.1, -0.05) is 24.6 Å². The molecule has 1 saturated heterocycles. The summed E-state index contributed by atoms with van der Waals surface area (Å²) in [5.41, 5.74) is 1.04. The average Bonchev–Trinajstić information content (AvgIpc) is 3.70. The highest BCUT2D eigenvalue weighted by Gasteiger charge is 2.38. The smallest absolute Gasteiger partial charge is 0.416 e. The fourth-order valence-electron chi connectivity index (χ4n) is 5.98. The van der Waals surface area contributed by atoms with E-state index in [-0.39, 0.29) is 11.3 Å². The number of hydrogen-bond acceptors (Lipinski definition) is 3. The second kappa shape index (κ2) is 11.1. The minimum Gasteiger partial charge on any atom is -0.492 e. The number of ether oxygens (including phenoxy) is 1. The fraction of sp³-hybridized carbons (Fsp3) is 0.567. The molecule has 3 aliphatic rings. The molecule has 2 heterocycles. The molecule has 2 fully saturated rings. The van der Waals surface area contributed by atoms with Gasteiger partial charge in [0, 0.05) is 38.3 Å². The highest BCUT2D eigenvalue weighted by atomic mass is 19.4. The van der Waals surface area contributed by atoms with Gasteiger partial charge in [0.2, 0.25) is 0 Å². The van der Waals surface area contributed by atoms with Gasteiger partial charge in [0.1, 0.15) is 12.4 Å². The van der Waals surface area contributed by atoms with Crippen molar-refractivity contribution in [1.82, 2.24) is 9.80 Å². The maximum absolute atomic E-state index is 13.1. The third-order valence-electron chi connectivity index (χ3n) is 8.38. The third kappa shape index (κ3) is 6.67. The molecule has 2 aliphatic heterocycles. The van der Waals surface area contributed by atoms with Gasteiger partial charge in [-0.15, -0.1) is 0 Å². The Hall–Kier alpha value is -2.54. The second-order valence-corrected chi connectivity index (χ2v) is 11.2. The van der Waals surface area contributed by atoms with Crippen LogP contribution in [0, 0.1) is 11.3 Å². The predicted molar refractivity (Wildman–Crippen MR) is 138 cm³/mol. The molecular formula is C30H37F3N2O2. The fourth-order valence-corrected chi connectivity index (χ4v) is 5.98. The van der Waals surface area contributed by atoms with Crippen LogP contribution in [-0.2, 0) is 12.6 Å². The van der Waals surface area contributed by atoms with Crippen molar-refractivity contribution >= 4 is 5.91 Å². The first-order valence-electron chi connectivity index (χ1n) is 13.7. The molecule has 0 radical (unpaired) electrons. The Balaban J connectivity index is 1.26. The van der Waals surface area contributed by atoms with Crippen LogP contribution < -0.4 is 4.74 Å². The van der Waals surface area contributed by atoms with Crippen LogP contribution in [0.3, 0.4) is 0 Å². The summed E-state index contributed by atoms with van der Waals surface area (Å²) in [6.07, 6.45) is 4.47. The van der Waals surface area contributed by atoms with Crippen molar-refractivity contribution in [2.24, 2.45) is 11.3 Å². The summed E-state index contributed by atoms with van der Waals surface area (Å²) in [4.78, 5) is 17.5. The lowest BCUT2D eigenvalue weighted by Gasteiger charge is -2.45. The molecule has 200 valence electrons. The minimum atomic E-state index is -4.40. The van der Waals surface area contributed by atoms with Crippen LogP contribution in [0.15, 0.2) is 48.5 Å². The molecule has 1 spiro atoms. The minimum absolute atomic E-state index is 0.157. The van der Waals surface area contributed by atoms with Crippen LogP contribution in [0.5, 0.6) is 5.75 Å². The van der Waals surface area contributed by atoms with Crippen molar-refractivity contribution in [3.8, 4) is 5.75 Å². The molecule has 2 aromatic carbocycles. The first-order chi connectivity index (χ1) is 17.8. The van der Waals surface area contributed by atoms with Crippen LogP contribution in [0.25, 0.3) is 0 Å². The van der Waals surface area contributed by atoms with E-state index in [2.05, 4.69) is 23.1 Å². The standard InChI is InChI=1S/C30H37F3N2O2/c31-30(32,33)26-12-10-25(11-13-26)28(36)35-17-15-29(16-18-35)14-4-3-6-24-5-1-2-7-27(24)37-20-19-34(22-29)21-23-8-9-23/h1-2,5,7,10-13,23H,3-4,6,8-9,14-22H2. The molecular weight excluding hydrogens is 477 g/mol. The number of likely N-dealkylation sites (tertiary alicyclic amines) is 1. The van der Waals surface area contributed by atoms with Gasteiger partial charge < -0.3 is 9.64 Å². The summed E-state index contributed by atoms with van der Waals surface area (Å²) < 4.78 is 45.0. The largest absolute Gasteiger partial charge is 0.492 e. The van der Waals surface area contributed by atoms with E-state index in [0.29, 0.717) is 25.3 Å². The van der Waals surface area contributed by atoms with Gasteiger partial charge in [-0.25, -0.2) is 0 Å². The van der Waals surface area contributed by atoms with E-state index in [1.165, 1.54) is 30.5 Å².